The number of aromatic nitrogens is 2. The van der Waals surface area contributed by atoms with E-state index in [2.05, 4.69) is 30.9 Å². The van der Waals surface area contributed by atoms with E-state index in [4.69, 9.17) is 23.9 Å². The van der Waals surface area contributed by atoms with E-state index in [-0.39, 0.29) is 0 Å². The van der Waals surface area contributed by atoms with Crippen LogP contribution in [0.25, 0.3) is 33.5 Å². The maximum absolute atomic E-state index is 6.46. The third-order valence-electron chi connectivity index (χ3n) is 6.56. The second-order valence-corrected chi connectivity index (χ2v) is 9.03. The summed E-state index contributed by atoms with van der Waals surface area (Å²) in [6, 6.07) is 22.2. The molecule has 6 heteroatoms. The monoisotopic (exact) mass is 465 g/mol. The molecule has 0 amide bonds. The number of ether oxygens (including phenoxy) is 2. The Morgan fingerprint density at radius 2 is 1.66 bits per heavy atom. The van der Waals surface area contributed by atoms with Crippen LogP contribution in [0.4, 0.5) is 0 Å². The van der Waals surface area contributed by atoms with Crippen molar-refractivity contribution in [1.29, 1.82) is 0 Å². The molecule has 0 saturated carbocycles. The quantitative estimate of drug-likeness (QED) is 0.304. The van der Waals surface area contributed by atoms with Crippen molar-refractivity contribution in [3.8, 4) is 23.0 Å². The van der Waals surface area contributed by atoms with Crippen LogP contribution in [0.15, 0.2) is 71.1 Å². The zero-order valence-electron chi connectivity index (χ0n) is 20.0. The fourth-order valence-electron chi connectivity index (χ4n) is 4.59. The van der Waals surface area contributed by atoms with Crippen molar-refractivity contribution in [3.05, 3.63) is 83.4 Å². The third-order valence-corrected chi connectivity index (χ3v) is 6.56. The maximum Gasteiger partial charge on any atom is 0.267 e. The molecule has 6 rings (SSSR count). The number of nitrogens with zero attached hydrogens (tertiary/aromatic N) is 3. The highest BCUT2D eigenvalue weighted by molar-refractivity contribution is 6.04. The Morgan fingerprint density at radius 3 is 2.49 bits per heavy atom. The van der Waals surface area contributed by atoms with Crippen LogP contribution in [-0.2, 0) is 11.3 Å². The van der Waals surface area contributed by atoms with Crippen molar-refractivity contribution in [2.75, 3.05) is 26.3 Å². The maximum atomic E-state index is 6.46. The summed E-state index contributed by atoms with van der Waals surface area (Å²) in [5.41, 5.74) is 6.55. The molecule has 0 spiro atoms. The van der Waals surface area contributed by atoms with Gasteiger partial charge in [0.05, 0.1) is 13.2 Å². The molecular formula is C29H27N3O3. The van der Waals surface area contributed by atoms with Gasteiger partial charge in [-0.2, -0.15) is 4.98 Å². The van der Waals surface area contributed by atoms with Crippen LogP contribution >= 0.6 is 0 Å². The van der Waals surface area contributed by atoms with E-state index in [1.807, 2.05) is 54.6 Å². The first-order valence-corrected chi connectivity index (χ1v) is 12.0. The lowest BCUT2D eigenvalue weighted by Gasteiger charge is -2.27. The number of aryl methyl sites for hydroxylation is 2. The van der Waals surface area contributed by atoms with Crippen molar-refractivity contribution in [3.63, 3.8) is 0 Å². The van der Waals surface area contributed by atoms with Crippen LogP contribution in [0.1, 0.15) is 16.7 Å². The third kappa shape index (κ3) is 4.27. The molecule has 1 fully saturated rings. The van der Waals surface area contributed by atoms with Crippen molar-refractivity contribution in [1.82, 2.24) is 14.9 Å². The van der Waals surface area contributed by atoms with Gasteiger partial charge in [-0.1, -0.05) is 48.5 Å². The molecule has 0 aliphatic carbocycles. The fraction of sp³-hybridized carbons (Fsp3) is 0.241. The Morgan fingerprint density at radius 1 is 0.886 bits per heavy atom. The Balaban J connectivity index is 1.42. The van der Waals surface area contributed by atoms with Crippen molar-refractivity contribution in [2.24, 2.45) is 0 Å². The molecule has 0 N–H and O–H groups in total. The van der Waals surface area contributed by atoms with Gasteiger partial charge in [-0.15, -0.1) is 0 Å². The minimum atomic E-state index is 0.425. The molecule has 0 unspecified atom stereocenters. The number of fused-ring (bicyclic) bond motifs is 3. The fourth-order valence-corrected chi connectivity index (χ4v) is 4.59. The number of furan rings is 1. The molecular weight excluding hydrogens is 438 g/mol. The normalized spacial score (nSPS) is 14.6. The van der Waals surface area contributed by atoms with Gasteiger partial charge in [-0.05, 0) is 48.7 Å². The van der Waals surface area contributed by atoms with Crippen molar-refractivity contribution < 1.29 is 13.9 Å². The Bertz CT molecular complexity index is 1500. The molecule has 3 aromatic carbocycles. The van der Waals surface area contributed by atoms with Gasteiger partial charge in [0.15, 0.2) is 5.82 Å². The predicted octanol–water partition coefficient (Wildman–Crippen LogP) is 6.28. The van der Waals surface area contributed by atoms with Gasteiger partial charge in [0.1, 0.15) is 16.8 Å². The molecule has 6 nitrogen and oxygen atoms in total. The smallest absolute Gasteiger partial charge is 0.267 e. The lowest BCUT2D eigenvalue weighted by molar-refractivity contribution is 0.0341. The van der Waals surface area contributed by atoms with Crippen LogP contribution < -0.4 is 4.74 Å². The average Bonchev–Trinajstić information content (AvgIpc) is 3.27. The van der Waals surface area contributed by atoms with E-state index >= 15 is 0 Å². The highest BCUT2D eigenvalue weighted by Crippen LogP contribution is 2.37. The van der Waals surface area contributed by atoms with Gasteiger partial charge in [-0.25, -0.2) is 4.98 Å². The van der Waals surface area contributed by atoms with Crippen LogP contribution in [-0.4, -0.2) is 41.2 Å². The predicted molar refractivity (Wildman–Crippen MR) is 137 cm³/mol. The van der Waals surface area contributed by atoms with Gasteiger partial charge in [-0.3, -0.25) is 4.90 Å². The number of morpholine rings is 1. The zero-order valence-corrected chi connectivity index (χ0v) is 20.0. The summed E-state index contributed by atoms with van der Waals surface area (Å²) in [5.74, 6) is 1.80. The molecule has 0 atom stereocenters. The van der Waals surface area contributed by atoms with E-state index < -0.39 is 0 Å². The summed E-state index contributed by atoms with van der Waals surface area (Å²) < 4.78 is 18.1. The van der Waals surface area contributed by atoms with E-state index in [9.17, 15) is 0 Å². The van der Waals surface area contributed by atoms with Crippen molar-refractivity contribution >= 4 is 22.1 Å². The van der Waals surface area contributed by atoms with Gasteiger partial charge in [0.25, 0.3) is 5.88 Å². The lowest BCUT2D eigenvalue weighted by atomic mass is 10.0. The molecule has 1 aliphatic heterocycles. The SMILES string of the molecule is Cc1cc(Oc2nc(-c3ccccc3)nc3c2oc2ccccc23)c(C)cc1CN1CCOCC1. The van der Waals surface area contributed by atoms with E-state index in [0.29, 0.717) is 17.3 Å². The van der Waals surface area contributed by atoms with E-state index in [0.717, 1.165) is 66.2 Å². The first kappa shape index (κ1) is 21.8. The summed E-state index contributed by atoms with van der Waals surface area (Å²) in [6.45, 7) is 8.64. The largest absolute Gasteiger partial charge is 0.449 e. The average molecular weight is 466 g/mol. The molecule has 176 valence electrons. The second kappa shape index (κ2) is 9.13. The Kier molecular flexibility index (Phi) is 5.68. The molecule has 35 heavy (non-hydrogen) atoms. The van der Waals surface area contributed by atoms with Gasteiger partial charge in [0, 0.05) is 30.6 Å². The van der Waals surface area contributed by atoms with Gasteiger partial charge in [0.2, 0.25) is 5.58 Å². The molecule has 5 aromatic rings. The van der Waals surface area contributed by atoms with Gasteiger partial charge < -0.3 is 13.9 Å². The van der Waals surface area contributed by atoms with Crippen LogP contribution in [0.2, 0.25) is 0 Å². The molecule has 0 bridgehead atoms. The van der Waals surface area contributed by atoms with Crippen LogP contribution in [0.3, 0.4) is 0 Å². The number of benzene rings is 3. The number of rotatable bonds is 5. The summed E-state index contributed by atoms with van der Waals surface area (Å²) >= 11 is 0. The number of para-hydroxylation sites is 1. The summed E-state index contributed by atoms with van der Waals surface area (Å²) in [7, 11) is 0. The molecule has 3 heterocycles. The summed E-state index contributed by atoms with van der Waals surface area (Å²) in [6.07, 6.45) is 0. The second-order valence-electron chi connectivity index (χ2n) is 9.03. The molecule has 0 radical (unpaired) electrons. The Hall–Kier alpha value is -3.74. The van der Waals surface area contributed by atoms with Crippen molar-refractivity contribution in [2.45, 2.75) is 20.4 Å². The Labute approximate surface area is 204 Å². The lowest BCUT2D eigenvalue weighted by Crippen LogP contribution is -2.35. The van der Waals surface area contributed by atoms with Crippen LogP contribution in [0.5, 0.6) is 11.6 Å². The van der Waals surface area contributed by atoms with E-state index in [1.165, 1.54) is 11.1 Å². The highest BCUT2D eigenvalue weighted by atomic mass is 16.5. The highest BCUT2D eigenvalue weighted by Gasteiger charge is 2.20. The standard InChI is InChI=1S/C29H27N3O3/c1-19-17-25(20(2)16-22(19)18-32-12-14-33-15-13-32)35-29-27-26(23-10-6-7-11-24(23)34-27)30-28(31-29)21-8-4-3-5-9-21/h3-11,16-17H,12-15,18H2,1-2H3. The number of hydrogen-bond acceptors (Lipinski definition) is 6. The molecule has 1 aliphatic rings. The minimum absolute atomic E-state index is 0.425. The first-order valence-electron chi connectivity index (χ1n) is 12.0. The number of hydrogen-bond donors (Lipinski definition) is 0. The van der Waals surface area contributed by atoms with E-state index in [1.54, 1.807) is 0 Å². The molecule has 1 saturated heterocycles. The molecule has 2 aromatic heterocycles. The van der Waals surface area contributed by atoms with Crippen LogP contribution in [0, 0.1) is 13.8 Å². The first-order chi connectivity index (χ1) is 17.2. The zero-order chi connectivity index (χ0) is 23.8. The minimum Gasteiger partial charge on any atom is -0.449 e. The summed E-state index contributed by atoms with van der Waals surface area (Å²) in [4.78, 5) is 12.1. The van der Waals surface area contributed by atoms with Gasteiger partial charge >= 0.3 is 0 Å². The topological polar surface area (TPSA) is 60.6 Å². The summed E-state index contributed by atoms with van der Waals surface area (Å²) in [5, 5.41) is 0.945.